The van der Waals surface area contributed by atoms with Crippen molar-refractivity contribution in [2.24, 2.45) is 0 Å². The van der Waals surface area contributed by atoms with Crippen LogP contribution in [0.15, 0.2) is 15.7 Å². The normalized spacial score (nSPS) is 10.7. The number of aromatic nitrogens is 2. The van der Waals surface area contributed by atoms with E-state index in [1.54, 1.807) is 0 Å². The van der Waals surface area contributed by atoms with Gasteiger partial charge in [-0.1, -0.05) is 18.5 Å². The molecule has 0 aromatic carbocycles. The highest BCUT2D eigenvalue weighted by Crippen LogP contribution is 2.02. The van der Waals surface area contributed by atoms with Gasteiger partial charge in [-0.2, -0.15) is 0 Å². The van der Waals surface area contributed by atoms with Gasteiger partial charge in [-0.25, -0.2) is 4.79 Å². The molecule has 1 heterocycles. The second-order valence-electron chi connectivity index (χ2n) is 3.29. The minimum atomic E-state index is -0.423. The Hall–Kier alpha value is -1.07. The first kappa shape index (κ1) is 13.0. The molecule has 0 amide bonds. The van der Waals surface area contributed by atoms with Crippen molar-refractivity contribution in [3.8, 4) is 0 Å². The van der Waals surface area contributed by atoms with Gasteiger partial charge in [0.15, 0.2) is 0 Å². The number of hydrogen-bond acceptors (Lipinski definition) is 3. The van der Waals surface area contributed by atoms with Crippen LogP contribution in [0, 0.1) is 0 Å². The van der Waals surface area contributed by atoms with Crippen LogP contribution in [-0.4, -0.2) is 15.7 Å². The molecule has 6 heteroatoms. The molecule has 90 valence electrons. The second-order valence-corrected chi connectivity index (χ2v) is 3.68. The van der Waals surface area contributed by atoms with Crippen molar-refractivity contribution in [3.05, 3.63) is 32.1 Å². The number of rotatable bonds is 5. The number of hydrogen-bond donors (Lipinski definition) is 0. The summed E-state index contributed by atoms with van der Waals surface area (Å²) in [5, 5.41) is 0.107. The summed E-state index contributed by atoms with van der Waals surface area (Å²) in [6.45, 7) is 4.66. The molecule has 0 N–H and O–H groups in total. The fourth-order valence-electron chi connectivity index (χ4n) is 1.32. The van der Waals surface area contributed by atoms with Crippen molar-refractivity contribution in [3.63, 3.8) is 0 Å². The summed E-state index contributed by atoms with van der Waals surface area (Å²) >= 11 is 5.81. The Labute approximate surface area is 98.2 Å². The van der Waals surface area contributed by atoms with Crippen LogP contribution in [0.4, 0.5) is 0 Å². The van der Waals surface area contributed by atoms with Crippen LogP contribution in [0.1, 0.15) is 20.3 Å². The average molecular weight is 247 g/mol. The molecular formula is C10H15ClN2O3. The Bertz CT molecular complexity index is 464. The van der Waals surface area contributed by atoms with Crippen molar-refractivity contribution in [1.82, 2.24) is 9.13 Å². The molecule has 0 fully saturated rings. The van der Waals surface area contributed by atoms with E-state index in [-0.39, 0.29) is 17.4 Å². The molecule has 0 aliphatic heterocycles. The van der Waals surface area contributed by atoms with E-state index in [9.17, 15) is 9.59 Å². The molecule has 0 aliphatic carbocycles. The van der Waals surface area contributed by atoms with Crippen LogP contribution >= 0.6 is 11.6 Å². The van der Waals surface area contributed by atoms with Gasteiger partial charge >= 0.3 is 5.69 Å². The Morgan fingerprint density at radius 1 is 1.31 bits per heavy atom. The van der Waals surface area contributed by atoms with E-state index in [4.69, 9.17) is 16.3 Å². The molecule has 1 aromatic heterocycles. The summed E-state index contributed by atoms with van der Waals surface area (Å²) in [7, 11) is 0. The maximum Gasteiger partial charge on any atom is 0.334 e. The van der Waals surface area contributed by atoms with Gasteiger partial charge in [-0.05, 0) is 13.3 Å². The summed E-state index contributed by atoms with van der Waals surface area (Å²) in [5.74, 6) is 0. The maximum atomic E-state index is 11.9. The van der Waals surface area contributed by atoms with Crippen LogP contribution in [0.2, 0.25) is 5.15 Å². The molecule has 0 saturated heterocycles. The van der Waals surface area contributed by atoms with Crippen molar-refractivity contribution in [1.29, 1.82) is 0 Å². The van der Waals surface area contributed by atoms with Crippen LogP contribution in [-0.2, 0) is 18.0 Å². The van der Waals surface area contributed by atoms with E-state index in [1.165, 1.54) is 10.6 Å². The van der Waals surface area contributed by atoms with Crippen LogP contribution in [0.25, 0.3) is 0 Å². The molecule has 0 bridgehead atoms. The van der Waals surface area contributed by atoms with Gasteiger partial charge in [-0.15, -0.1) is 0 Å². The summed E-state index contributed by atoms with van der Waals surface area (Å²) in [5.41, 5.74) is -0.794. The minimum absolute atomic E-state index is 0.0676. The Kier molecular flexibility index (Phi) is 4.76. The predicted molar refractivity (Wildman–Crippen MR) is 61.9 cm³/mol. The van der Waals surface area contributed by atoms with Crippen LogP contribution in [0.5, 0.6) is 0 Å². The Balaban J connectivity index is 3.22. The fourth-order valence-corrected chi connectivity index (χ4v) is 1.53. The van der Waals surface area contributed by atoms with E-state index in [0.29, 0.717) is 19.6 Å². The highest BCUT2D eigenvalue weighted by atomic mass is 35.5. The van der Waals surface area contributed by atoms with E-state index < -0.39 is 5.69 Å². The average Bonchev–Trinajstić information content (AvgIpc) is 2.24. The van der Waals surface area contributed by atoms with E-state index in [0.717, 1.165) is 4.57 Å². The molecule has 0 atom stereocenters. The first-order chi connectivity index (χ1) is 7.61. The maximum absolute atomic E-state index is 11.9. The van der Waals surface area contributed by atoms with Crippen molar-refractivity contribution >= 4 is 11.6 Å². The molecule has 0 saturated carbocycles. The highest BCUT2D eigenvalue weighted by molar-refractivity contribution is 6.29. The predicted octanol–water partition coefficient (Wildman–Crippen LogP) is 1.07. The zero-order valence-corrected chi connectivity index (χ0v) is 10.2. The van der Waals surface area contributed by atoms with Gasteiger partial charge in [0.1, 0.15) is 11.9 Å². The summed E-state index contributed by atoms with van der Waals surface area (Å²) in [6.07, 6.45) is 0.714. The zero-order chi connectivity index (χ0) is 12.1. The number of nitrogens with zero attached hydrogens (tertiary/aromatic N) is 2. The van der Waals surface area contributed by atoms with Gasteiger partial charge in [-0.3, -0.25) is 13.9 Å². The van der Waals surface area contributed by atoms with E-state index in [1.807, 2.05) is 13.8 Å². The molecule has 1 aromatic rings. The van der Waals surface area contributed by atoms with Gasteiger partial charge in [0.2, 0.25) is 0 Å². The molecule has 0 spiro atoms. The first-order valence-corrected chi connectivity index (χ1v) is 5.57. The smallest absolute Gasteiger partial charge is 0.334 e. The van der Waals surface area contributed by atoms with Gasteiger partial charge < -0.3 is 4.74 Å². The summed E-state index contributed by atoms with van der Waals surface area (Å²) < 4.78 is 7.51. The number of ether oxygens (including phenoxy) is 1. The first-order valence-electron chi connectivity index (χ1n) is 5.19. The molecular weight excluding hydrogens is 232 g/mol. The molecule has 16 heavy (non-hydrogen) atoms. The lowest BCUT2D eigenvalue weighted by Gasteiger charge is -2.10. The molecule has 0 aliphatic rings. The van der Waals surface area contributed by atoms with Crippen molar-refractivity contribution < 1.29 is 4.74 Å². The summed E-state index contributed by atoms with van der Waals surface area (Å²) in [4.78, 5) is 23.4. The molecule has 0 radical (unpaired) electrons. The third-order valence-electron chi connectivity index (χ3n) is 2.10. The minimum Gasteiger partial charge on any atom is -0.361 e. The largest absolute Gasteiger partial charge is 0.361 e. The van der Waals surface area contributed by atoms with E-state index in [2.05, 4.69) is 0 Å². The van der Waals surface area contributed by atoms with Crippen molar-refractivity contribution in [2.75, 3.05) is 6.61 Å². The SMILES string of the molecule is CCCn1c(=O)cc(Cl)n(COCC)c1=O. The Morgan fingerprint density at radius 3 is 2.56 bits per heavy atom. The molecule has 5 nitrogen and oxygen atoms in total. The third-order valence-corrected chi connectivity index (χ3v) is 2.41. The molecule has 1 rings (SSSR count). The lowest BCUT2D eigenvalue weighted by atomic mass is 10.4. The van der Waals surface area contributed by atoms with Crippen LogP contribution < -0.4 is 11.2 Å². The zero-order valence-electron chi connectivity index (χ0n) is 9.40. The number of halogens is 1. The highest BCUT2D eigenvalue weighted by Gasteiger charge is 2.08. The third kappa shape index (κ3) is 2.74. The van der Waals surface area contributed by atoms with Crippen LogP contribution in [0.3, 0.4) is 0 Å². The van der Waals surface area contributed by atoms with Gasteiger partial charge in [0.05, 0.1) is 0 Å². The lowest BCUT2D eigenvalue weighted by molar-refractivity contribution is 0.0833. The van der Waals surface area contributed by atoms with E-state index >= 15 is 0 Å². The summed E-state index contributed by atoms with van der Waals surface area (Å²) in [6, 6.07) is 1.23. The fraction of sp³-hybridized carbons (Fsp3) is 0.600. The van der Waals surface area contributed by atoms with Gasteiger partial charge in [0, 0.05) is 19.2 Å². The topological polar surface area (TPSA) is 53.2 Å². The quantitative estimate of drug-likeness (QED) is 0.731. The molecule has 0 unspecified atom stereocenters. The second kappa shape index (κ2) is 5.86. The Morgan fingerprint density at radius 2 is 2.00 bits per heavy atom. The monoisotopic (exact) mass is 246 g/mol. The van der Waals surface area contributed by atoms with Gasteiger partial charge in [0.25, 0.3) is 5.56 Å². The standard InChI is InChI=1S/C10H15ClN2O3/c1-3-5-12-9(14)6-8(11)13(10(12)15)7-16-4-2/h6H,3-5,7H2,1-2H3. The van der Waals surface area contributed by atoms with Crippen molar-refractivity contribution in [2.45, 2.75) is 33.5 Å². The lowest BCUT2D eigenvalue weighted by Crippen LogP contribution is -2.40.